The number of carbonyl (C=O) groups excluding carboxylic acids is 2. The minimum Gasteiger partial charge on any atom is -0.486 e. The van der Waals surface area contributed by atoms with Gasteiger partial charge in [-0.2, -0.15) is 0 Å². The molecule has 27 heavy (non-hydrogen) atoms. The lowest BCUT2D eigenvalue weighted by molar-refractivity contribution is 0.0474. The van der Waals surface area contributed by atoms with Gasteiger partial charge in [-0.3, -0.25) is 4.79 Å². The van der Waals surface area contributed by atoms with Gasteiger partial charge in [0, 0.05) is 5.56 Å². The third-order valence-corrected chi connectivity index (χ3v) is 3.92. The lowest BCUT2D eigenvalue weighted by atomic mass is 10.1. The van der Waals surface area contributed by atoms with Gasteiger partial charge in [-0.15, -0.1) is 5.10 Å². The Morgan fingerprint density at radius 1 is 1.00 bits per heavy atom. The number of hydrogen-bond acceptors (Lipinski definition) is 8. The summed E-state index contributed by atoms with van der Waals surface area (Å²) in [7, 11) is 0. The quantitative estimate of drug-likeness (QED) is 0.494. The summed E-state index contributed by atoms with van der Waals surface area (Å²) in [6, 6.07) is 11.4. The molecular weight excluding hydrogens is 352 g/mol. The summed E-state index contributed by atoms with van der Waals surface area (Å²) in [6.45, 7) is 0.539. The van der Waals surface area contributed by atoms with E-state index in [-0.39, 0.29) is 12.4 Å². The van der Waals surface area contributed by atoms with Crippen LogP contribution >= 0.6 is 0 Å². The topological polar surface area (TPSA) is 105 Å². The Labute approximate surface area is 153 Å². The molecule has 0 amide bonds. The zero-order chi connectivity index (χ0) is 18.6. The second-order valence-corrected chi connectivity index (χ2v) is 5.66. The summed E-state index contributed by atoms with van der Waals surface area (Å²) < 4.78 is 17.4. The van der Waals surface area contributed by atoms with Gasteiger partial charge in [-0.25, -0.2) is 9.48 Å². The Balaban J connectivity index is 1.38. The number of ketones is 1. The molecule has 0 bridgehead atoms. The van der Waals surface area contributed by atoms with E-state index in [1.165, 1.54) is 11.0 Å². The molecule has 2 aromatic carbocycles. The van der Waals surface area contributed by atoms with Crippen LogP contribution in [0.3, 0.4) is 0 Å². The van der Waals surface area contributed by atoms with E-state index in [1.807, 2.05) is 0 Å². The molecule has 0 fully saturated rings. The summed E-state index contributed by atoms with van der Waals surface area (Å²) in [4.78, 5) is 24.4. The van der Waals surface area contributed by atoms with Gasteiger partial charge in [-0.1, -0.05) is 0 Å². The van der Waals surface area contributed by atoms with Crippen LogP contribution in [0, 0.1) is 0 Å². The van der Waals surface area contributed by atoms with Crippen LogP contribution in [-0.4, -0.2) is 51.8 Å². The van der Waals surface area contributed by atoms with Gasteiger partial charge in [0.05, 0.1) is 11.3 Å². The highest BCUT2D eigenvalue weighted by molar-refractivity contribution is 5.99. The summed E-state index contributed by atoms with van der Waals surface area (Å²) >= 11 is 0. The average Bonchev–Trinajstić information content (AvgIpc) is 3.26. The van der Waals surface area contributed by atoms with Gasteiger partial charge in [0.15, 0.2) is 23.9 Å². The van der Waals surface area contributed by atoms with Crippen molar-refractivity contribution in [2.24, 2.45) is 0 Å². The number of rotatable bonds is 5. The maximum absolute atomic E-state index is 12.3. The highest BCUT2D eigenvalue weighted by Crippen LogP contribution is 2.30. The zero-order valence-corrected chi connectivity index (χ0v) is 14.1. The van der Waals surface area contributed by atoms with E-state index in [0.29, 0.717) is 41.5 Å². The Hall–Kier alpha value is -3.75. The molecule has 1 aromatic heterocycles. The Bertz CT molecular complexity index is 970. The van der Waals surface area contributed by atoms with Crippen molar-refractivity contribution in [3.05, 3.63) is 59.9 Å². The molecule has 9 nitrogen and oxygen atoms in total. The molecule has 136 valence electrons. The smallest absolute Gasteiger partial charge is 0.338 e. The number of Topliss-reactive ketones (excluding diaryl/α,β-unsaturated/α-hetero) is 1. The summed E-state index contributed by atoms with van der Waals surface area (Å²) in [5, 5.41) is 10.9. The van der Waals surface area contributed by atoms with Crippen LogP contribution in [0.25, 0.3) is 5.69 Å². The van der Waals surface area contributed by atoms with Crippen molar-refractivity contribution >= 4 is 11.8 Å². The van der Waals surface area contributed by atoms with Crippen molar-refractivity contribution < 1.29 is 23.8 Å². The molecule has 1 aliphatic rings. The first-order chi connectivity index (χ1) is 13.2. The first-order valence-electron chi connectivity index (χ1n) is 8.14. The number of esters is 1. The van der Waals surface area contributed by atoms with E-state index in [9.17, 15) is 9.59 Å². The predicted molar refractivity (Wildman–Crippen MR) is 91.2 cm³/mol. The number of aromatic nitrogens is 4. The van der Waals surface area contributed by atoms with Gasteiger partial charge in [0.1, 0.15) is 19.5 Å². The van der Waals surface area contributed by atoms with Crippen LogP contribution in [0.5, 0.6) is 11.5 Å². The average molecular weight is 366 g/mol. The molecule has 0 atom stereocenters. The molecule has 9 heteroatoms. The van der Waals surface area contributed by atoms with Crippen LogP contribution in [0.4, 0.5) is 0 Å². The van der Waals surface area contributed by atoms with Crippen LogP contribution in [0.2, 0.25) is 0 Å². The monoisotopic (exact) mass is 366 g/mol. The van der Waals surface area contributed by atoms with Crippen molar-refractivity contribution in [2.75, 3.05) is 19.8 Å². The third-order valence-electron chi connectivity index (χ3n) is 3.92. The molecule has 3 aromatic rings. The zero-order valence-electron chi connectivity index (χ0n) is 14.1. The molecular formula is C18H14N4O5. The lowest BCUT2D eigenvalue weighted by Crippen LogP contribution is -2.17. The van der Waals surface area contributed by atoms with Crippen molar-refractivity contribution in [2.45, 2.75) is 0 Å². The number of tetrazole rings is 1. The van der Waals surface area contributed by atoms with E-state index in [1.54, 1.807) is 42.5 Å². The fourth-order valence-electron chi connectivity index (χ4n) is 2.54. The fourth-order valence-corrected chi connectivity index (χ4v) is 2.54. The van der Waals surface area contributed by atoms with Gasteiger partial charge < -0.3 is 14.2 Å². The maximum atomic E-state index is 12.3. The third kappa shape index (κ3) is 3.61. The maximum Gasteiger partial charge on any atom is 0.338 e. The predicted octanol–water partition coefficient (Wildman–Crippen LogP) is 1.47. The van der Waals surface area contributed by atoms with Crippen LogP contribution in [-0.2, 0) is 4.74 Å². The molecule has 0 spiro atoms. The molecule has 0 saturated heterocycles. The molecule has 0 unspecified atom stereocenters. The number of benzene rings is 2. The van der Waals surface area contributed by atoms with E-state index in [0.717, 1.165) is 0 Å². The summed E-state index contributed by atoms with van der Waals surface area (Å²) in [6.07, 6.45) is 1.44. The first-order valence-corrected chi connectivity index (χ1v) is 8.14. The van der Waals surface area contributed by atoms with Gasteiger partial charge in [0.2, 0.25) is 0 Å². The largest absolute Gasteiger partial charge is 0.486 e. The van der Waals surface area contributed by atoms with Crippen LogP contribution in [0.15, 0.2) is 48.8 Å². The SMILES string of the molecule is O=C(COC(=O)c1ccc(-n2cnnn2)cc1)c1ccc2c(c1)OCCO2. The molecule has 0 aliphatic carbocycles. The van der Waals surface area contributed by atoms with Crippen molar-refractivity contribution in [1.29, 1.82) is 0 Å². The van der Waals surface area contributed by atoms with Gasteiger partial charge in [-0.05, 0) is 52.9 Å². The summed E-state index contributed by atoms with van der Waals surface area (Å²) in [5.41, 5.74) is 1.41. The minimum absolute atomic E-state index is 0.321. The normalized spacial score (nSPS) is 12.4. The number of carbonyl (C=O) groups is 2. The van der Waals surface area contributed by atoms with E-state index < -0.39 is 5.97 Å². The molecule has 0 radical (unpaired) electrons. The number of nitrogens with zero attached hydrogens (tertiary/aromatic N) is 4. The lowest BCUT2D eigenvalue weighted by Gasteiger charge is -2.18. The summed E-state index contributed by atoms with van der Waals surface area (Å²) in [5.74, 6) is 0.184. The molecule has 0 saturated carbocycles. The second kappa shape index (κ2) is 7.24. The van der Waals surface area contributed by atoms with Gasteiger partial charge >= 0.3 is 5.97 Å². The Morgan fingerprint density at radius 2 is 1.74 bits per heavy atom. The van der Waals surface area contributed by atoms with Crippen LogP contribution < -0.4 is 9.47 Å². The van der Waals surface area contributed by atoms with Gasteiger partial charge in [0.25, 0.3) is 0 Å². The van der Waals surface area contributed by atoms with Crippen LogP contribution in [0.1, 0.15) is 20.7 Å². The number of ether oxygens (including phenoxy) is 3. The van der Waals surface area contributed by atoms with Crippen molar-refractivity contribution in [1.82, 2.24) is 20.2 Å². The minimum atomic E-state index is -0.593. The molecule has 0 N–H and O–H groups in total. The fraction of sp³-hybridized carbons (Fsp3) is 0.167. The second-order valence-electron chi connectivity index (χ2n) is 5.66. The number of fused-ring (bicyclic) bond motifs is 1. The number of hydrogen-bond donors (Lipinski definition) is 0. The standard InChI is InChI=1S/C18H14N4O5/c23-15(13-3-6-16-17(9-13)26-8-7-25-16)10-27-18(24)12-1-4-14(5-2-12)22-11-19-20-21-22/h1-6,9,11H,7-8,10H2. The Morgan fingerprint density at radius 3 is 2.48 bits per heavy atom. The van der Waals surface area contributed by atoms with E-state index in [4.69, 9.17) is 14.2 Å². The molecule has 2 heterocycles. The van der Waals surface area contributed by atoms with E-state index in [2.05, 4.69) is 15.5 Å². The Kier molecular flexibility index (Phi) is 4.48. The molecule has 1 aliphatic heterocycles. The molecule has 4 rings (SSSR count). The van der Waals surface area contributed by atoms with E-state index >= 15 is 0 Å². The van der Waals surface area contributed by atoms with Crippen molar-refractivity contribution in [3.8, 4) is 17.2 Å². The highest BCUT2D eigenvalue weighted by Gasteiger charge is 2.17. The first kappa shape index (κ1) is 16.7. The highest BCUT2D eigenvalue weighted by atomic mass is 16.6. The van der Waals surface area contributed by atoms with Crippen molar-refractivity contribution in [3.63, 3.8) is 0 Å².